The van der Waals surface area contributed by atoms with Crippen molar-refractivity contribution in [3.8, 4) is 5.75 Å². The van der Waals surface area contributed by atoms with Crippen LogP contribution in [0.4, 0.5) is 0 Å². The standard InChI is InChI=1S/C16H24O3/c1-5-16(2,3)11-13-10-12(7-9-15(17)18)6-8-14(13)19-4/h6,8,10H,5,7,9,11H2,1-4H3,(H,17,18). The van der Waals surface area contributed by atoms with E-state index in [1.165, 1.54) is 0 Å². The van der Waals surface area contributed by atoms with Crippen LogP contribution in [0.3, 0.4) is 0 Å². The molecule has 3 heteroatoms. The molecule has 0 atom stereocenters. The molecule has 0 heterocycles. The summed E-state index contributed by atoms with van der Waals surface area (Å²) in [6, 6.07) is 5.97. The third-order valence-electron chi connectivity index (χ3n) is 3.60. The van der Waals surface area contributed by atoms with Crippen molar-refractivity contribution in [3.05, 3.63) is 29.3 Å². The number of hydrogen-bond acceptors (Lipinski definition) is 2. The zero-order valence-corrected chi connectivity index (χ0v) is 12.3. The Hall–Kier alpha value is -1.51. The van der Waals surface area contributed by atoms with Gasteiger partial charge in [0.1, 0.15) is 5.75 Å². The van der Waals surface area contributed by atoms with Gasteiger partial charge in [0.05, 0.1) is 7.11 Å². The van der Waals surface area contributed by atoms with Gasteiger partial charge in [-0.1, -0.05) is 39.3 Å². The van der Waals surface area contributed by atoms with E-state index in [0.29, 0.717) is 6.42 Å². The minimum atomic E-state index is -0.758. The molecule has 1 aromatic rings. The molecule has 0 aliphatic carbocycles. The first kappa shape index (κ1) is 15.5. The van der Waals surface area contributed by atoms with Gasteiger partial charge in [-0.3, -0.25) is 4.79 Å². The van der Waals surface area contributed by atoms with Crippen LogP contribution in [0.1, 0.15) is 44.7 Å². The highest BCUT2D eigenvalue weighted by Crippen LogP contribution is 2.31. The lowest BCUT2D eigenvalue weighted by atomic mass is 9.82. The first-order valence-electron chi connectivity index (χ1n) is 6.75. The molecule has 0 bridgehead atoms. The molecule has 19 heavy (non-hydrogen) atoms. The number of aryl methyl sites for hydroxylation is 1. The fourth-order valence-electron chi connectivity index (χ4n) is 2.02. The second kappa shape index (κ2) is 6.60. The Morgan fingerprint density at radius 2 is 2.05 bits per heavy atom. The molecule has 0 amide bonds. The third kappa shape index (κ3) is 4.93. The SMILES string of the molecule is CCC(C)(C)Cc1cc(CCC(=O)O)ccc1OC. The van der Waals surface area contributed by atoms with Gasteiger partial charge in [0, 0.05) is 6.42 Å². The van der Waals surface area contributed by atoms with Gasteiger partial charge < -0.3 is 9.84 Å². The van der Waals surface area contributed by atoms with E-state index >= 15 is 0 Å². The molecule has 3 nitrogen and oxygen atoms in total. The Morgan fingerprint density at radius 3 is 2.58 bits per heavy atom. The second-order valence-electron chi connectivity index (χ2n) is 5.73. The van der Waals surface area contributed by atoms with Crippen molar-refractivity contribution in [1.29, 1.82) is 0 Å². The summed E-state index contributed by atoms with van der Waals surface area (Å²) in [6.45, 7) is 6.65. The van der Waals surface area contributed by atoms with Gasteiger partial charge in [-0.05, 0) is 35.4 Å². The fourth-order valence-corrected chi connectivity index (χ4v) is 2.02. The summed E-state index contributed by atoms with van der Waals surface area (Å²) >= 11 is 0. The lowest BCUT2D eigenvalue weighted by Gasteiger charge is -2.24. The maximum absolute atomic E-state index is 10.6. The summed E-state index contributed by atoms with van der Waals surface area (Å²) in [5.74, 6) is 0.131. The van der Waals surface area contributed by atoms with Gasteiger partial charge in [-0.25, -0.2) is 0 Å². The second-order valence-corrected chi connectivity index (χ2v) is 5.73. The number of carboxylic acids is 1. The summed E-state index contributed by atoms with van der Waals surface area (Å²) in [7, 11) is 1.68. The molecular weight excluding hydrogens is 240 g/mol. The number of rotatable bonds is 7. The van der Waals surface area contributed by atoms with Crippen molar-refractivity contribution in [2.45, 2.75) is 46.5 Å². The monoisotopic (exact) mass is 264 g/mol. The van der Waals surface area contributed by atoms with Crippen molar-refractivity contribution in [2.24, 2.45) is 5.41 Å². The predicted octanol–water partition coefficient (Wildman–Crippen LogP) is 3.69. The number of benzene rings is 1. The van der Waals surface area contributed by atoms with E-state index < -0.39 is 5.97 Å². The molecule has 0 aromatic heterocycles. The number of aliphatic carboxylic acids is 1. The highest BCUT2D eigenvalue weighted by atomic mass is 16.5. The average Bonchev–Trinajstić information content (AvgIpc) is 2.36. The van der Waals surface area contributed by atoms with Crippen LogP contribution in [0.5, 0.6) is 5.75 Å². The number of methoxy groups -OCH3 is 1. The van der Waals surface area contributed by atoms with Crippen molar-refractivity contribution < 1.29 is 14.6 Å². The van der Waals surface area contributed by atoms with Crippen LogP contribution in [0, 0.1) is 5.41 Å². The maximum atomic E-state index is 10.6. The molecule has 0 aliphatic rings. The van der Waals surface area contributed by atoms with Crippen LogP contribution >= 0.6 is 0 Å². The molecule has 0 saturated heterocycles. The molecule has 0 spiro atoms. The van der Waals surface area contributed by atoms with Gasteiger partial charge in [-0.15, -0.1) is 0 Å². The van der Waals surface area contributed by atoms with E-state index in [-0.39, 0.29) is 11.8 Å². The lowest BCUT2D eigenvalue weighted by Crippen LogP contribution is -2.14. The lowest BCUT2D eigenvalue weighted by molar-refractivity contribution is -0.136. The largest absolute Gasteiger partial charge is 0.496 e. The third-order valence-corrected chi connectivity index (χ3v) is 3.60. The topological polar surface area (TPSA) is 46.5 Å². The molecule has 106 valence electrons. The van der Waals surface area contributed by atoms with Crippen LogP contribution in [0.15, 0.2) is 18.2 Å². The molecule has 0 fully saturated rings. The predicted molar refractivity (Wildman–Crippen MR) is 76.7 cm³/mol. The van der Waals surface area contributed by atoms with Gasteiger partial charge in [-0.2, -0.15) is 0 Å². The van der Waals surface area contributed by atoms with E-state index in [4.69, 9.17) is 9.84 Å². The van der Waals surface area contributed by atoms with Crippen LogP contribution < -0.4 is 4.74 Å². The minimum absolute atomic E-state index is 0.170. The average molecular weight is 264 g/mol. The van der Waals surface area contributed by atoms with Crippen molar-refractivity contribution in [1.82, 2.24) is 0 Å². The summed E-state index contributed by atoms with van der Waals surface area (Å²) < 4.78 is 5.40. The van der Waals surface area contributed by atoms with Crippen LogP contribution in [0.25, 0.3) is 0 Å². The minimum Gasteiger partial charge on any atom is -0.496 e. The first-order valence-corrected chi connectivity index (χ1v) is 6.75. The quantitative estimate of drug-likeness (QED) is 0.817. The van der Waals surface area contributed by atoms with Gasteiger partial charge >= 0.3 is 5.97 Å². The molecule has 0 unspecified atom stereocenters. The van der Waals surface area contributed by atoms with Crippen LogP contribution in [-0.4, -0.2) is 18.2 Å². The fraction of sp³-hybridized carbons (Fsp3) is 0.562. The molecule has 1 aromatic carbocycles. The maximum Gasteiger partial charge on any atom is 0.303 e. The van der Waals surface area contributed by atoms with Crippen LogP contribution in [0.2, 0.25) is 0 Å². The van der Waals surface area contributed by atoms with Crippen LogP contribution in [-0.2, 0) is 17.6 Å². The van der Waals surface area contributed by atoms with E-state index in [0.717, 1.165) is 29.7 Å². The number of carboxylic acid groups (broad SMARTS) is 1. The molecule has 0 radical (unpaired) electrons. The summed E-state index contributed by atoms with van der Waals surface area (Å²) in [5.41, 5.74) is 2.45. The van der Waals surface area contributed by atoms with Crippen molar-refractivity contribution >= 4 is 5.97 Å². The smallest absolute Gasteiger partial charge is 0.303 e. The summed E-state index contributed by atoms with van der Waals surface area (Å²) in [6.07, 6.45) is 2.77. The van der Waals surface area contributed by atoms with Gasteiger partial charge in [0.15, 0.2) is 0 Å². The zero-order chi connectivity index (χ0) is 14.5. The zero-order valence-electron chi connectivity index (χ0n) is 12.3. The van der Waals surface area contributed by atoms with E-state index in [9.17, 15) is 4.79 Å². The number of ether oxygens (including phenoxy) is 1. The Labute approximate surface area is 115 Å². The highest BCUT2D eigenvalue weighted by Gasteiger charge is 2.18. The summed E-state index contributed by atoms with van der Waals surface area (Å²) in [5, 5.41) is 8.74. The molecule has 1 rings (SSSR count). The van der Waals surface area contributed by atoms with Crippen molar-refractivity contribution in [3.63, 3.8) is 0 Å². The van der Waals surface area contributed by atoms with E-state index in [1.807, 2.05) is 12.1 Å². The van der Waals surface area contributed by atoms with Gasteiger partial charge in [0.25, 0.3) is 0 Å². The summed E-state index contributed by atoms with van der Waals surface area (Å²) in [4.78, 5) is 10.6. The number of hydrogen-bond donors (Lipinski definition) is 1. The Bertz CT molecular complexity index is 436. The first-order chi connectivity index (χ1) is 8.88. The Morgan fingerprint density at radius 1 is 1.37 bits per heavy atom. The van der Waals surface area contributed by atoms with Gasteiger partial charge in [0.2, 0.25) is 0 Å². The van der Waals surface area contributed by atoms with E-state index in [2.05, 4.69) is 26.8 Å². The number of carbonyl (C=O) groups is 1. The molecule has 0 aliphatic heterocycles. The highest BCUT2D eigenvalue weighted by molar-refractivity contribution is 5.67. The molecule has 0 saturated carbocycles. The van der Waals surface area contributed by atoms with E-state index in [1.54, 1.807) is 7.11 Å². The Balaban J connectivity index is 2.92. The Kier molecular flexibility index (Phi) is 5.40. The normalized spacial score (nSPS) is 11.4. The molecule has 1 N–H and O–H groups in total. The van der Waals surface area contributed by atoms with Crippen molar-refractivity contribution in [2.75, 3.05) is 7.11 Å². The molecular formula is C16H24O3.